The fourth-order valence-electron chi connectivity index (χ4n) is 2.95. The van der Waals surface area contributed by atoms with Gasteiger partial charge in [-0.15, -0.1) is 0 Å². The zero-order valence-corrected chi connectivity index (χ0v) is 13.5. The number of rotatable bonds is 6. The molecule has 1 N–H and O–H groups in total. The van der Waals surface area contributed by atoms with Crippen molar-refractivity contribution in [2.45, 2.75) is 45.9 Å². The van der Waals surface area contributed by atoms with Crippen LogP contribution in [0, 0.1) is 11.7 Å². The van der Waals surface area contributed by atoms with Crippen LogP contribution in [0.25, 0.3) is 0 Å². The Morgan fingerprint density at radius 2 is 2.19 bits per heavy atom. The molecule has 118 valence electrons. The third-order valence-corrected chi connectivity index (χ3v) is 4.16. The van der Waals surface area contributed by atoms with Crippen LogP contribution in [0.1, 0.15) is 32.8 Å². The first-order valence-electron chi connectivity index (χ1n) is 7.83. The molecule has 0 saturated carbocycles. The van der Waals surface area contributed by atoms with E-state index < -0.39 is 0 Å². The number of halogens is 1. The first-order valence-corrected chi connectivity index (χ1v) is 7.83. The standard InChI is InChI=1S/C17H27FN2O/c1-12(2)10-19-11-14-15(18)6-5-7-17(14)20(4)16-8-9-21-13(16)3/h5-7,12-13,16,19H,8-11H2,1-4H3. The molecular formula is C17H27FN2O. The van der Waals surface area contributed by atoms with E-state index in [-0.39, 0.29) is 11.9 Å². The van der Waals surface area contributed by atoms with Gasteiger partial charge in [0, 0.05) is 31.5 Å². The van der Waals surface area contributed by atoms with Crippen molar-refractivity contribution in [2.24, 2.45) is 5.92 Å². The van der Waals surface area contributed by atoms with Crippen molar-refractivity contribution in [3.8, 4) is 0 Å². The second-order valence-electron chi connectivity index (χ2n) is 6.31. The molecule has 1 heterocycles. The quantitative estimate of drug-likeness (QED) is 0.872. The van der Waals surface area contributed by atoms with Gasteiger partial charge in [0.05, 0.1) is 12.1 Å². The first-order chi connectivity index (χ1) is 10.0. The number of hydrogen-bond donors (Lipinski definition) is 1. The molecule has 1 aromatic carbocycles. The number of benzene rings is 1. The SMILES string of the molecule is CC(C)CNCc1c(F)cccc1N(C)C1CCOC1C. The fourth-order valence-corrected chi connectivity index (χ4v) is 2.95. The van der Waals surface area contributed by atoms with Crippen molar-refractivity contribution >= 4 is 5.69 Å². The van der Waals surface area contributed by atoms with Gasteiger partial charge < -0.3 is 15.0 Å². The van der Waals surface area contributed by atoms with Crippen LogP contribution in [0.3, 0.4) is 0 Å². The van der Waals surface area contributed by atoms with Gasteiger partial charge in [-0.05, 0) is 37.9 Å². The van der Waals surface area contributed by atoms with Crippen LogP contribution in [0.4, 0.5) is 10.1 Å². The first kappa shape index (κ1) is 16.2. The molecule has 1 aliphatic heterocycles. The van der Waals surface area contributed by atoms with E-state index in [1.807, 2.05) is 13.1 Å². The van der Waals surface area contributed by atoms with Crippen LogP contribution in [-0.4, -0.2) is 32.3 Å². The topological polar surface area (TPSA) is 24.5 Å². The van der Waals surface area contributed by atoms with E-state index in [0.717, 1.165) is 30.8 Å². The largest absolute Gasteiger partial charge is 0.376 e. The minimum atomic E-state index is -0.137. The predicted octanol–water partition coefficient (Wildman–Crippen LogP) is 3.18. The van der Waals surface area contributed by atoms with Crippen LogP contribution in [0.15, 0.2) is 18.2 Å². The molecule has 4 heteroatoms. The van der Waals surface area contributed by atoms with Gasteiger partial charge in [-0.2, -0.15) is 0 Å². The number of nitrogens with one attached hydrogen (secondary N) is 1. The third kappa shape index (κ3) is 3.95. The second kappa shape index (κ2) is 7.23. The van der Waals surface area contributed by atoms with Gasteiger partial charge in [0.25, 0.3) is 0 Å². The summed E-state index contributed by atoms with van der Waals surface area (Å²) < 4.78 is 19.9. The molecule has 0 amide bonds. The molecule has 2 atom stereocenters. The van der Waals surface area contributed by atoms with Gasteiger partial charge in [-0.1, -0.05) is 19.9 Å². The molecule has 2 unspecified atom stereocenters. The van der Waals surface area contributed by atoms with Crippen LogP contribution in [0.2, 0.25) is 0 Å². The van der Waals surface area contributed by atoms with Crippen molar-refractivity contribution in [3.05, 3.63) is 29.6 Å². The summed E-state index contributed by atoms with van der Waals surface area (Å²) in [6, 6.07) is 5.64. The van der Waals surface area contributed by atoms with E-state index in [2.05, 4.69) is 31.0 Å². The predicted molar refractivity (Wildman–Crippen MR) is 85.2 cm³/mol. The average Bonchev–Trinajstić information content (AvgIpc) is 2.85. The maximum atomic E-state index is 14.2. The van der Waals surface area contributed by atoms with E-state index in [9.17, 15) is 4.39 Å². The highest BCUT2D eigenvalue weighted by atomic mass is 19.1. The zero-order valence-electron chi connectivity index (χ0n) is 13.5. The molecule has 21 heavy (non-hydrogen) atoms. The van der Waals surface area contributed by atoms with E-state index in [0.29, 0.717) is 18.5 Å². The summed E-state index contributed by atoms with van der Waals surface area (Å²) in [5.41, 5.74) is 1.72. The minimum absolute atomic E-state index is 0.137. The Hall–Kier alpha value is -1.13. The molecule has 1 fully saturated rings. The maximum Gasteiger partial charge on any atom is 0.129 e. The van der Waals surface area contributed by atoms with Crippen molar-refractivity contribution < 1.29 is 9.13 Å². The molecule has 0 radical (unpaired) electrons. The number of anilines is 1. The summed E-state index contributed by atoms with van der Waals surface area (Å²) in [5.74, 6) is 0.420. The molecule has 1 aliphatic rings. The third-order valence-electron chi connectivity index (χ3n) is 4.16. The lowest BCUT2D eigenvalue weighted by molar-refractivity contribution is 0.118. The van der Waals surface area contributed by atoms with Gasteiger partial charge >= 0.3 is 0 Å². The van der Waals surface area contributed by atoms with Crippen molar-refractivity contribution in [3.63, 3.8) is 0 Å². The smallest absolute Gasteiger partial charge is 0.129 e. The van der Waals surface area contributed by atoms with Crippen LogP contribution in [-0.2, 0) is 11.3 Å². The lowest BCUT2D eigenvalue weighted by Crippen LogP contribution is -2.37. The van der Waals surface area contributed by atoms with Gasteiger partial charge in [-0.25, -0.2) is 4.39 Å². The molecule has 3 nitrogen and oxygen atoms in total. The highest BCUT2D eigenvalue weighted by Crippen LogP contribution is 2.28. The molecule has 0 aromatic heterocycles. The van der Waals surface area contributed by atoms with Crippen LogP contribution < -0.4 is 10.2 Å². The number of likely N-dealkylation sites (N-methyl/N-ethyl adjacent to an activating group) is 1. The number of ether oxygens (including phenoxy) is 1. The van der Waals surface area contributed by atoms with Crippen LogP contribution >= 0.6 is 0 Å². The summed E-state index contributed by atoms with van der Waals surface area (Å²) in [6.45, 7) is 8.63. The summed E-state index contributed by atoms with van der Waals surface area (Å²) in [7, 11) is 2.04. The normalized spacial score (nSPS) is 22.0. The van der Waals surface area contributed by atoms with Crippen molar-refractivity contribution in [1.29, 1.82) is 0 Å². The number of hydrogen-bond acceptors (Lipinski definition) is 3. The van der Waals surface area contributed by atoms with E-state index >= 15 is 0 Å². The van der Waals surface area contributed by atoms with E-state index in [4.69, 9.17) is 4.74 Å². The summed E-state index contributed by atoms with van der Waals surface area (Å²) >= 11 is 0. The maximum absolute atomic E-state index is 14.2. The molecule has 0 spiro atoms. The van der Waals surface area contributed by atoms with E-state index in [1.54, 1.807) is 6.07 Å². The molecular weight excluding hydrogens is 267 g/mol. The second-order valence-corrected chi connectivity index (χ2v) is 6.31. The van der Waals surface area contributed by atoms with Crippen molar-refractivity contribution in [1.82, 2.24) is 5.32 Å². The molecule has 1 aromatic rings. The molecule has 2 rings (SSSR count). The van der Waals surface area contributed by atoms with Gasteiger partial charge in [-0.3, -0.25) is 0 Å². The Kier molecular flexibility index (Phi) is 5.59. The summed E-state index contributed by atoms with van der Waals surface area (Å²) in [6.07, 6.45) is 1.18. The van der Waals surface area contributed by atoms with Crippen molar-refractivity contribution in [2.75, 3.05) is 25.1 Å². The van der Waals surface area contributed by atoms with Gasteiger partial charge in [0.15, 0.2) is 0 Å². The number of nitrogens with zero attached hydrogens (tertiary/aromatic N) is 1. The molecule has 1 saturated heterocycles. The summed E-state index contributed by atoms with van der Waals surface area (Å²) in [4.78, 5) is 2.17. The molecule has 0 aliphatic carbocycles. The average molecular weight is 294 g/mol. The Balaban J connectivity index is 2.16. The minimum Gasteiger partial charge on any atom is -0.376 e. The summed E-state index contributed by atoms with van der Waals surface area (Å²) in [5, 5.41) is 3.34. The Morgan fingerprint density at radius 3 is 2.81 bits per heavy atom. The Bertz CT molecular complexity index is 464. The van der Waals surface area contributed by atoms with Gasteiger partial charge in [0.1, 0.15) is 5.82 Å². The zero-order chi connectivity index (χ0) is 15.4. The Morgan fingerprint density at radius 1 is 1.43 bits per heavy atom. The van der Waals surface area contributed by atoms with Crippen LogP contribution in [0.5, 0.6) is 0 Å². The Labute approximate surface area is 127 Å². The highest BCUT2D eigenvalue weighted by molar-refractivity contribution is 5.54. The highest BCUT2D eigenvalue weighted by Gasteiger charge is 2.29. The fraction of sp³-hybridized carbons (Fsp3) is 0.647. The lowest BCUT2D eigenvalue weighted by Gasteiger charge is -2.31. The van der Waals surface area contributed by atoms with E-state index in [1.165, 1.54) is 6.07 Å². The monoisotopic (exact) mass is 294 g/mol. The lowest BCUT2D eigenvalue weighted by atomic mass is 10.1. The molecule has 0 bridgehead atoms. The van der Waals surface area contributed by atoms with Gasteiger partial charge in [0.2, 0.25) is 0 Å².